The zero-order chi connectivity index (χ0) is 15.1. The number of benzene rings is 1. The number of nitrogen functional groups attached to an aromatic ring is 1. The van der Waals surface area contributed by atoms with E-state index >= 15 is 0 Å². The van der Waals surface area contributed by atoms with Gasteiger partial charge in [0.25, 0.3) is 0 Å². The number of nitrogens with one attached hydrogen (secondary N) is 1. The summed E-state index contributed by atoms with van der Waals surface area (Å²) in [4.78, 5) is 11.9. The second kappa shape index (κ2) is 5.01. The first-order valence-corrected chi connectivity index (χ1v) is 8.27. The van der Waals surface area contributed by atoms with E-state index in [0.29, 0.717) is 4.47 Å². The summed E-state index contributed by atoms with van der Waals surface area (Å²) in [5.41, 5.74) is 4.81. The van der Waals surface area contributed by atoms with Gasteiger partial charge in [-0.3, -0.25) is 4.79 Å². The van der Waals surface area contributed by atoms with Gasteiger partial charge in [-0.05, 0) is 32.0 Å². The molecule has 0 aromatic heterocycles. The highest BCUT2D eigenvalue weighted by Crippen LogP contribution is 2.30. The van der Waals surface area contributed by atoms with Crippen LogP contribution in [0.4, 0.5) is 5.69 Å². The van der Waals surface area contributed by atoms with E-state index in [-0.39, 0.29) is 29.6 Å². The van der Waals surface area contributed by atoms with Crippen LogP contribution >= 0.6 is 15.9 Å². The molecule has 2 rings (SSSR count). The summed E-state index contributed by atoms with van der Waals surface area (Å²) in [7, 11) is -3.82. The van der Waals surface area contributed by atoms with Gasteiger partial charge in [0, 0.05) is 17.6 Å². The fraction of sp³-hybridized carbons (Fsp3) is 0.417. The third-order valence-electron chi connectivity index (χ3n) is 3.32. The molecule has 8 heteroatoms. The number of sulfonamides is 1. The number of rotatable bonds is 2. The normalized spacial score (nSPS) is 19.6. The molecule has 1 saturated heterocycles. The molecule has 1 aromatic carbocycles. The molecule has 110 valence electrons. The van der Waals surface area contributed by atoms with Crippen LogP contribution in [-0.2, 0) is 14.8 Å². The second-order valence-corrected chi connectivity index (χ2v) is 7.82. The number of anilines is 1. The lowest BCUT2D eigenvalue weighted by molar-refractivity contribution is -0.131. The minimum Gasteiger partial charge on any atom is -0.398 e. The van der Waals surface area contributed by atoms with Crippen molar-refractivity contribution in [2.45, 2.75) is 24.3 Å². The molecule has 1 aromatic rings. The largest absolute Gasteiger partial charge is 0.398 e. The van der Waals surface area contributed by atoms with Gasteiger partial charge in [0.1, 0.15) is 10.4 Å². The van der Waals surface area contributed by atoms with Crippen LogP contribution in [0.5, 0.6) is 0 Å². The first-order valence-electron chi connectivity index (χ1n) is 6.03. The molecule has 0 unspecified atom stereocenters. The number of amides is 1. The van der Waals surface area contributed by atoms with Crippen molar-refractivity contribution in [3.05, 3.63) is 22.7 Å². The van der Waals surface area contributed by atoms with Crippen molar-refractivity contribution < 1.29 is 13.2 Å². The smallest absolute Gasteiger partial charge is 0.246 e. The van der Waals surface area contributed by atoms with Crippen molar-refractivity contribution in [3.63, 3.8) is 0 Å². The van der Waals surface area contributed by atoms with Crippen LogP contribution in [0, 0.1) is 0 Å². The summed E-state index contributed by atoms with van der Waals surface area (Å²) in [6.45, 7) is 3.66. The van der Waals surface area contributed by atoms with Gasteiger partial charge in [-0.2, -0.15) is 4.31 Å². The highest BCUT2D eigenvalue weighted by Gasteiger charge is 2.45. The van der Waals surface area contributed by atoms with Crippen molar-refractivity contribution in [1.29, 1.82) is 0 Å². The molecule has 1 heterocycles. The van der Waals surface area contributed by atoms with E-state index in [1.165, 1.54) is 16.4 Å². The van der Waals surface area contributed by atoms with Crippen molar-refractivity contribution in [2.24, 2.45) is 0 Å². The van der Waals surface area contributed by atoms with E-state index in [1.807, 2.05) is 0 Å². The number of hydrogen-bond donors (Lipinski definition) is 2. The third-order valence-corrected chi connectivity index (χ3v) is 5.96. The van der Waals surface area contributed by atoms with E-state index in [9.17, 15) is 13.2 Å². The Morgan fingerprint density at radius 3 is 2.65 bits per heavy atom. The molecule has 0 saturated carbocycles. The summed E-state index contributed by atoms with van der Waals surface area (Å²) in [6.07, 6.45) is 0. The number of halogens is 1. The molecule has 0 aliphatic carbocycles. The SMILES string of the molecule is CC1(C)C(=O)NCCN1S(=O)(=O)c1ccc(Br)cc1N. The van der Waals surface area contributed by atoms with E-state index in [0.717, 1.165) is 0 Å². The van der Waals surface area contributed by atoms with Gasteiger partial charge >= 0.3 is 0 Å². The zero-order valence-electron chi connectivity index (χ0n) is 11.2. The molecule has 0 bridgehead atoms. The van der Waals surface area contributed by atoms with Crippen LogP contribution in [0.25, 0.3) is 0 Å². The highest BCUT2D eigenvalue weighted by atomic mass is 79.9. The van der Waals surface area contributed by atoms with E-state index in [4.69, 9.17) is 5.73 Å². The fourth-order valence-electron chi connectivity index (χ4n) is 2.17. The lowest BCUT2D eigenvalue weighted by Crippen LogP contribution is -2.63. The monoisotopic (exact) mass is 361 g/mol. The van der Waals surface area contributed by atoms with Gasteiger partial charge in [-0.25, -0.2) is 8.42 Å². The van der Waals surface area contributed by atoms with Crippen LogP contribution in [0.3, 0.4) is 0 Å². The minimum absolute atomic E-state index is 0.0171. The fourth-order valence-corrected chi connectivity index (χ4v) is 4.40. The van der Waals surface area contributed by atoms with E-state index in [1.54, 1.807) is 19.9 Å². The molecule has 1 amide bonds. The summed E-state index contributed by atoms with van der Waals surface area (Å²) in [5, 5.41) is 2.67. The summed E-state index contributed by atoms with van der Waals surface area (Å²) in [6, 6.07) is 4.58. The van der Waals surface area contributed by atoms with Gasteiger partial charge in [0.05, 0.1) is 5.69 Å². The van der Waals surface area contributed by atoms with Crippen molar-refractivity contribution in [2.75, 3.05) is 18.8 Å². The molecule has 3 N–H and O–H groups in total. The van der Waals surface area contributed by atoms with Gasteiger partial charge in [0.2, 0.25) is 15.9 Å². The number of nitrogens with zero attached hydrogens (tertiary/aromatic N) is 1. The second-order valence-electron chi connectivity index (χ2n) is 5.07. The number of nitrogens with two attached hydrogens (primary N) is 1. The van der Waals surface area contributed by atoms with Crippen LogP contribution in [0.1, 0.15) is 13.8 Å². The highest BCUT2D eigenvalue weighted by molar-refractivity contribution is 9.10. The van der Waals surface area contributed by atoms with Crippen molar-refractivity contribution >= 4 is 37.5 Å². The van der Waals surface area contributed by atoms with Crippen LogP contribution in [-0.4, -0.2) is 37.3 Å². The Labute approximate surface area is 126 Å². The maximum Gasteiger partial charge on any atom is 0.246 e. The first kappa shape index (κ1) is 15.3. The van der Waals surface area contributed by atoms with Crippen LogP contribution in [0.2, 0.25) is 0 Å². The Balaban J connectivity index is 2.52. The quantitative estimate of drug-likeness (QED) is 0.766. The van der Waals surface area contributed by atoms with Gasteiger partial charge < -0.3 is 11.1 Å². The Morgan fingerprint density at radius 2 is 2.05 bits per heavy atom. The topological polar surface area (TPSA) is 92.5 Å². The molecular weight excluding hydrogens is 346 g/mol. The maximum atomic E-state index is 12.7. The summed E-state index contributed by atoms with van der Waals surface area (Å²) < 4.78 is 27.4. The van der Waals surface area contributed by atoms with Crippen LogP contribution < -0.4 is 11.1 Å². The molecular formula is C12H16BrN3O3S. The number of carbonyl (C=O) groups is 1. The molecule has 6 nitrogen and oxygen atoms in total. The molecule has 1 aliphatic heterocycles. The van der Waals surface area contributed by atoms with Gasteiger partial charge in [0.15, 0.2) is 0 Å². The number of piperazine rings is 1. The predicted molar refractivity (Wildman–Crippen MR) is 79.5 cm³/mol. The Morgan fingerprint density at radius 1 is 1.40 bits per heavy atom. The first-order chi connectivity index (χ1) is 9.17. The third kappa shape index (κ3) is 2.43. The van der Waals surface area contributed by atoms with Crippen molar-refractivity contribution in [1.82, 2.24) is 9.62 Å². The lowest BCUT2D eigenvalue weighted by atomic mass is 10.0. The van der Waals surface area contributed by atoms with E-state index in [2.05, 4.69) is 21.2 Å². The lowest BCUT2D eigenvalue weighted by Gasteiger charge is -2.40. The zero-order valence-corrected chi connectivity index (χ0v) is 13.6. The Hall–Kier alpha value is -1.12. The van der Waals surface area contributed by atoms with Gasteiger partial charge in [-0.15, -0.1) is 0 Å². The number of hydrogen-bond acceptors (Lipinski definition) is 4. The predicted octanol–water partition coefficient (Wildman–Crippen LogP) is 0.930. The molecule has 0 radical (unpaired) electrons. The molecule has 0 spiro atoms. The average Bonchev–Trinajstić information content (AvgIpc) is 2.31. The molecule has 20 heavy (non-hydrogen) atoms. The average molecular weight is 362 g/mol. The molecule has 1 fully saturated rings. The number of carbonyl (C=O) groups excluding carboxylic acids is 1. The van der Waals surface area contributed by atoms with Crippen LogP contribution in [0.15, 0.2) is 27.6 Å². The minimum atomic E-state index is -3.82. The van der Waals surface area contributed by atoms with Crippen molar-refractivity contribution in [3.8, 4) is 0 Å². The Kier molecular flexibility index (Phi) is 3.83. The Bertz CT molecular complexity index is 658. The molecule has 1 aliphatic rings. The summed E-state index contributed by atoms with van der Waals surface area (Å²) in [5.74, 6) is -0.317. The van der Waals surface area contributed by atoms with Gasteiger partial charge in [-0.1, -0.05) is 15.9 Å². The summed E-state index contributed by atoms with van der Waals surface area (Å²) >= 11 is 3.24. The molecule has 0 atom stereocenters. The standard InChI is InChI=1S/C12H16BrN3O3S/c1-12(2)11(17)15-5-6-16(12)20(18,19)10-4-3-8(13)7-9(10)14/h3-4,7H,5-6,14H2,1-2H3,(H,15,17). The maximum absolute atomic E-state index is 12.7. The van der Waals surface area contributed by atoms with E-state index < -0.39 is 15.6 Å².